The van der Waals surface area contributed by atoms with Crippen LogP contribution >= 0.6 is 55.5 Å². The average Bonchev–Trinajstić information content (AvgIpc) is 1.98. The molecule has 6 heteroatoms. The molecule has 0 aromatic carbocycles. The Balaban J connectivity index is 0.000000640. The molecule has 0 amide bonds. The van der Waals surface area contributed by atoms with Crippen molar-refractivity contribution >= 4 is 55.5 Å². The summed E-state index contributed by atoms with van der Waals surface area (Å²) in [6, 6.07) is 0. The summed E-state index contributed by atoms with van der Waals surface area (Å²) in [7, 11) is 2.75. The van der Waals surface area contributed by atoms with Crippen molar-refractivity contribution in [2.45, 2.75) is 0 Å². The van der Waals surface area contributed by atoms with Crippen LogP contribution in [0.25, 0.3) is 0 Å². The van der Waals surface area contributed by atoms with Gasteiger partial charge >= 0.3 is 14.7 Å². The van der Waals surface area contributed by atoms with Crippen LogP contribution in [0.1, 0.15) is 0 Å². The van der Waals surface area contributed by atoms with Crippen LogP contribution in [0.15, 0.2) is 0 Å². The minimum Gasteiger partial charge on any atom is -1.00 e. The molecule has 0 unspecified atom stereocenters. The van der Waals surface area contributed by atoms with Gasteiger partial charge in [0.1, 0.15) is 0 Å². The predicted octanol–water partition coefficient (Wildman–Crippen LogP) is 1.05. The molecular formula is C3Cl4S2. The number of halogens is 4. The molecular weight excluding hydrogens is 242 g/mol. The van der Waals surface area contributed by atoms with Crippen LogP contribution in [-0.2, 0) is 0 Å². The quantitative estimate of drug-likeness (QED) is 0.471. The molecule has 0 bridgehead atoms. The van der Waals surface area contributed by atoms with Gasteiger partial charge in [0.05, 0.1) is 0 Å². The molecule has 0 fully saturated rings. The van der Waals surface area contributed by atoms with Crippen molar-refractivity contribution in [3.63, 3.8) is 0 Å². The second-order valence-electron chi connectivity index (χ2n) is 1.03. The van der Waals surface area contributed by atoms with E-state index in [2.05, 4.69) is 0 Å². The SMILES string of the molecule is Clc1s[s+]c(Cl)c1Cl.[Cl-]. The Bertz CT molecular complexity index is 176. The number of hydrogen-bond acceptors (Lipinski definition) is 1. The van der Waals surface area contributed by atoms with Gasteiger partial charge in [-0.05, 0) is 11.6 Å². The first-order valence-electron chi connectivity index (χ1n) is 1.64. The average molecular weight is 242 g/mol. The fourth-order valence-corrected chi connectivity index (χ4v) is 3.15. The zero-order valence-electron chi connectivity index (χ0n) is 3.83. The maximum absolute atomic E-state index is 5.55. The summed E-state index contributed by atoms with van der Waals surface area (Å²) in [5, 5.41) is 0.475. The van der Waals surface area contributed by atoms with E-state index in [1.807, 2.05) is 0 Å². The van der Waals surface area contributed by atoms with E-state index >= 15 is 0 Å². The fraction of sp³-hybridized carbons (Fsp3) is 0. The van der Waals surface area contributed by atoms with E-state index in [1.165, 1.54) is 20.7 Å². The molecule has 0 spiro atoms. The molecule has 9 heavy (non-hydrogen) atoms. The second-order valence-corrected chi connectivity index (χ2v) is 4.76. The van der Waals surface area contributed by atoms with Gasteiger partial charge in [0.25, 0.3) is 0 Å². The van der Waals surface area contributed by atoms with Gasteiger partial charge in [-0.15, -0.1) is 0 Å². The topological polar surface area (TPSA) is 0 Å². The highest BCUT2D eigenvalue weighted by Crippen LogP contribution is 2.39. The Kier molecular flexibility index (Phi) is 4.72. The van der Waals surface area contributed by atoms with Crippen LogP contribution in [0.4, 0.5) is 0 Å². The Morgan fingerprint density at radius 2 is 1.78 bits per heavy atom. The zero-order valence-corrected chi connectivity index (χ0v) is 8.49. The van der Waals surface area contributed by atoms with Crippen molar-refractivity contribution in [2.75, 3.05) is 0 Å². The lowest BCUT2D eigenvalue weighted by atomic mass is 10.8. The van der Waals surface area contributed by atoms with Crippen LogP contribution in [0.3, 0.4) is 0 Å². The lowest BCUT2D eigenvalue weighted by Gasteiger charge is -1.69. The summed E-state index contributed by atoms with van der Waals surface area (Å²) in [4.78, 5) is 0. The van der Waals surface area contributed by atoms with E-state index < -0.39 is 0 Å². The van der Waals surface area contributed by atoms with Gasteiger partial charge in [-0.25, -0.2) is 0 Å². The van der Waals surface area contributed by atoms with Gasteiger partial charge in [0.15, 0.2) is 19.7 Å². The van der Waals surface area contributed by atoms with Crippen LogP contribution in [0.5, 0.6) is 0 Å². The third-order valence-corrected chi connectivity index (χ3v) is 4.75. The normalized spacial score (nSPS) is 8.78. The van der Waals surface area contributed by atoms with Crippen LogP contribution < -0.4 is 12.4 Å². The summed E-state index contributed by atoms with van der Waals surface area (Å²) < 4.78 is 1.14. The van der Waals surface area contributed by atoms with E-state index in [0.29, 0.717) is 13.7 Å². The number of hydrogen-bond donors (Lipinski definition) is 0. The zero-order chi connectivity index (χ0) is 6.15. The van der Waals surface area contributed by atoms with E-state index in [9.17, 15) is 0 Å². The Morgan fingerprint density at radius 1 is 1.22 bits per heavy atom. The van der Waals surface area contributed by atoms with Gasteiger partial charge in [0.2, 0.25) is 0 Å². The van der Waals surface area contributed by atoms with Crippen molar-refractivity contribution in [1.29, 1.82) is 0 Å². The molecule has 0 N–H and O–H groups in total. The number of rotatable bonds is 0. The standard InChI is InChI=1S/C3Cl3S2.ClH/c4-1-2(5)7-8-3(1)6;/h;1H/q+1;/p-1. The highest BCUT2D eigenvalue weighted by Gasteiger charge is 2.17. The predicted molar refractivity (Wildman–Crippen MR) is 41.6 cm³/mol. The molecule has 0 radical (unpaired) electrons. The third-order valence-electron chi connectivity index (χ3n) is 0.533. The Hall–Kier alpha value is 1.21. The van der Waals surface area contributed by atoms with Crippen molar-refractivity contribution in [3.05, 3.63) is 13.7 Å². The Morgan fingerprint density at radius 3 is 1.89 bits per heavy atom. The molecule has 0 aliphatic heterocycles. The monoisotopic (exact) mass is 240 g/mol. The van der Waals surface area contributed by atoms with E-state index in [4.69, 9.17) is 34.8 Å². The summed E-state index contributed by atoms with van der Waals surface area (Å²) in [5.74, 6) is 0. The molecule has 0 aliphatic rings. The van der Waals surface area contributed by atoms with Gasteiger partial charge in [0, 0.05) is 0 Å². The fourth-order valence-electron chi connectivity index (χ4n) is 0.224. The van der Waals surface area contributed by atoms with Crippen molar-refractivity contribution in [3.8, 4) is 0 Å². The molecule has 52 valence electrons. The first-order valence-corrected chi connectivity index (χ1v) is 4.93. The highest BCUT2D eigenvalue weighted by atomic mass is 35.5. The minimum atomic E-state index is 0. The van der Waals surface area contributed by atoms with E-state index in [-0.39, 0.29) is 12.4 Å². The Labute approximate surface area is 81.2 Å². The van der Waals surface area contributed by atoms with Gasteiger partial charge < -0.3 is 12.4 Å². The molecule has 1 heterocycles. The molecule has 1 rings (SSSR count). The maximum Gasteiger partial charge on any atom is 0.335 e. The summed E-state index contributed by atoms with van der Waals surface area (Å²) in [5.41, 5.74) is 0. The van der Waals surface area contributed by atoms with Crippen LogP contribution in [0, 0.1) is 0 Å². The largest absolute Gasteiger partial charge is 1.00 e. The first-order chi connectivity index (χ1) is 3.72. The highest BCUT2D eigenvalue weighted by molar-refractivity contribution is 7.71. The summed E-state index contributed by atoms with van der Waals surface area (Å²) >= 11 is 16.6. The smallest absolute Gasteiger partial charge is 0.335 e. The minimum absolute atomic E-state index is 0. The van der Waals surface area contributed by atoms with Gasteiger partial charge in [-0.2, -0.15) is 0 Å². The summed E-state index contributed by atoms with van der Waals surface area (Å²) in [6.07, 6.45) is 0. The maximum atomic E-state index is 5.55. The first kappa shape index (κ1) is 10.2. The molecule has 0 aliphatic carbocycles. The van der Waals surface area contributed by atoms with E-state index in [1.54, 1.807) is 0 Å². The molecule has 1 aromatic heterocycles. The van der Waals surface area contributed by atoms with Crippen LogP contribution in [-0.4, -0.2) is 0 Å². The second kappa shape index (κ2) is 4.16. The molecule has 0 nitrogen and oxygen atoms in total. The lowest BCUT2D eigenvalue weighted by Crippen LogP contribution is -3.00. The van der Waals surface area contributed by atoms with Gasteiger partial charge in [-0.1, -0.05) is 23.2 Å². The van der Waals surface area contributed by atoms with Crippen molar-refractivity contribution < 1.29 is 12.4 Å². The van der Waals surface area contributed by atoms with Crippen LogP contribution in [0.2, 0.25) is 13.7 Å². The van der Waals surface area contributed by atoms with Crippen molar-refractivity contribution in [2.24, 2.45) is 0 Å². The third kappa shape index (κ3) is 2.37. The van der Waals surface area contributed by atoms with E-state index in [0.717, 1.165) is 0 Å². The lowest BCUT2D eigenvalue weighted by molar-refractivity contribution is -0.00000117. The molecule has 1 aromatic rings. The van der Waals surface area contributed by atoms with Gasteiger partial charge in [-0.3, -0.25) is 0 Å². The van der Waals surface area contributed by atoms with Crippen molar-refractivity contribution in [1.82, 2.24) is 0 Å². The molecule has 0 saturated heterocycles. The molecule has 0 atom stereocenters. The summed E-state index contributed by atoms with van der Waals surface area (Å²) in [6.45, 7) is 0. The molecule has 0 saturated carbocycles.